The molecule has 4 nitrogen and oxygen atoms in total. The molecular formula is C22H24ClNO3. The van der Waals surface area contributed by atoms with E-state index in [1.165, 1.54) is 0 Å². The highest BCUT2D eigenvalue weighted by Gasteiger charge is 2.09. The first-order chi connectivity index (χ1) is 12.8. The van der Waals surface area contributed by atoms with Crippen LogP contribution >= 0.6 is 12.4 Å². The quantitative estimate of drug-likeness (QED) is 0.610. The second-order valence-corrected chi connectivity index (χ2v) is 5.80. The van der Waals surface area contributed by atoms with Gasteiger partial charge in [0.1, 0.15) is 19.0 Å². The third-order valence-electron chi connectivity index (χ3n) is 3.96. The van der Waals surface area contributed by atoms with Gasteiger partial charge in [-0.3, -0.25) is 0 Å². The van der Waals surface area contributed by atoms with Crippen molar-refractivity contribution < 1.29 is 14.2 Å². The fraction of sp³-hybridized carbons (Fsp3) is 0.182. The van der Waals surface area contributed by atoms with E-state index in [9.17, 15) is 0 Å². The standard InChI is InChI=1S/C22H23NO3.ClH/c1-24-20-9-5-8-18(14-20)19-10-11-21(25-13-12-23)22(15-19)26-16-17-6-3-2-4-7-17;/h2-11,14-15H,12-13,16,23H2,1H3;1H. The maximum atomic E-state index is 6.04. The number of rotatable bonds is 8. The molecule has 0 spiro atoms. The first-order valence-corrected chi connectivity index (χ1v) is 8.58. The first-order valence-electron chi connectivity index (χ1n) is 8.58. The minimum atomic E-state index is 0. The average Bonchev–Trinajstić information content (AvgIpc) is 2.71. The number of methoxy groups -OCH3 is 1. The van der Waals surface area contributed by atoms with Crippen LogP contribution in [0.4, 0.5) is 0 Å². The molecule has 0 aliphatic carbocycles. The van der Waals surface area contributed by atoms with E-state index >= 15 is 0 Å². The van der Waals surface area contributed by atoms with E-state index in [0.29, 0.717) is 31.3 Å². The van der Waals surface area contributed by atoms with Crippen molar-refractivity contribution in [1.29, 1.82) is 0 Å². The fourth-order valence-electron chi connectivity index (χ4n) is 2.63. The van der Waals surface area contributed by atoms with Crippen molar-refractivity contribution in [2.45, 2.75) is 6.61 Å². The molecule has 27 heavy (non-hydrogen) atoms. The van der Waals surface area contributed by atoms with Gasteiger partial charge in [-0.05, 0) is 41.0 Å². The van der Waals surface area contributed by atoms with Gasteiger partial charge in [0.25, 0.3) is 0 Å². The van der Waals surface area contributed by atoms with Crippen molar-refractivity contribution in [3.63, 3.8) is 0 Å². The molecule has 0 aromatic heterocycles. The van der Waals surface area contributed by atoms with Gasteiger partial charge < -0.3 is 19.9 Å². The second-order valence-electron chi connectivity index (χ2n) is 5.80. The van der Waals surface area contributed by atoms with E-state index in [1.54, 1.807) is 7.11 Å². The minimum absolute atomic E-state index is 0. The Labute approximate surface area is 166 Å². The summed E-state index contributed by atoms with van der Waals surface area (Å²) >= 11 is 0. The summed E-state index contributed by atoms with van der Waals surface area (Å²) < 4.78 is 17.1. The Kier molecular flexibility index (Phi) is 7.99. The number of hydrogen-bond acceptors (Lipinski definition) is 4. The van der Waals surface area contributed by atoms with E-state index in [2.05, 4.69) is 0 Å². The topological polar surface area (TPSA) is 53.7 Å². The fourth-order valence-corrected chi connectivity index (χ4v) is 2.63. The maximum absolute atomic E-state index is 6.04. The van der Waals surface area contributed by atoms with E-state index in [4.69, 9.17) is 19.9 Å². The molecule has 0 aliphatic rings. The van der Waals surface area contributed by atoms with Crippen molar-refractivity contribution in [1.82, 2.24) is 0 Å². The molecule has 0 unspecified atom stereocenters. The molecule has 0 amide bonds. The Bertz CT molecular complexity index is 840. The summed E-state index contributed by atoms with van der Waals surface area (Å²) in [6, 6.07) is 23.9. The third-order valence-corrected chi connectivity index (χ3v) is 3.96. The molecule has 0 atom stereocenters. The Morgan fingerprint density at radius 1 is 0.778 bits per heavy atom. The van der Waals surface area contributed by atoms with Crippen LogP contribution in [0.3, 0.4) is 0 Å². The van der Waals surface area contributed by atoms with E-state index in [0.717, 1.165) is 22.4 Å². The van der Waals surface area contributed by atoms with Crippen molar-refractivity contribution >= 4 is 12.4 Å². The van der Waals surface area contributed by atoms with Crippen LogP contribution in [-0.2, 0) is 6.61 Å². The largest absolute Gasteiger partial charge is 0.497 e. The molecule has 3 aromatic rings. The molecule has 142 valence electrons. The lowest BCUT2D eigenvalue weighted by Crippen LogP contribution is -2.11. The predicted molar refractivity (Wildman–Crippen MR) is 111 cm³/mol. The smallest absolute Gasteiger partial charge is 0.162 e. The van der Waals surface area contributed by atoms with Crippen molar-refractivity contribution in [2.24, 2.45) is 5.73 Å². The molecule has 3 aromatic carbocycles. The molecule has 0 saturated carbocycles. The van der Waals surface area contributed by atoms with Crippen LogP contribution in [0.15, 0.2) is 72.8 Å². The zero-order chi connectivity index (χ0) is 18.2. The van der Waals surface area contributed by atoms with Crippen molar-refractivity contribution in [2.75, 3.05) is 20.3 Å². The lowest BCUT2D eigenvalue weighted by Gasteiger charge is -2.14. The highest BCUT2D eigenvalue weighted by atomic mass is 35.5. The zero-order valence-corrected chi connectivity index (χ0v) is 16.1. The summed E-state index contributed by atoms with van der Waals surface area (Å²) in [4.78, 5) is 0. The highest BCUT2D eigenvalue weighted by molar-refractivity contribution is 5.85. The van der Waals surface area contributed by atoms with Gasteiger partial charge in [-0.15, -0.1) is 12.4 Å². The SMILES string of the molecule is COc1cccc(-c2ccc(OCCN)c(OCc3ccccc3)c2)c1.Cl. The molecule has 0 fully saturated rings. The highest BCUT2D eigenvalue weighted by Crippen LogP contribution is 2.34. The average molecular weight is 386 g/mol. The lowest BCUT2D eigenvalue weighted by molar-refractivity contribution is 0.266. The Balaban J connectivity index is 0.00000261. The lowest BCUT2D eigenvalue weighted by atomic mass is 10.0. The summed E-state index contributed by atoms with van der Waals surface area (Å²) in [6.45, 7) is 1.37. The van der Waals surface area contributed by atoms with Gasteiger partial charge >= 0.3 is 0 Å². The Hall–Kier alpha value is -2.69. The molecule has 0 radical (unpaired) electrons. The van der Waals surface area contributed by atoms with Crippen LogP contribution in [0.25, 0.3) is 11.1 Å². The predicted octanol–water partition coefficient (Wildman–Crippen LogP) is 4.70. The molecule has 5 heteroatoms. The van der Waals surface area contributed by atoms with Crippen molar-refractivity contribution in [3.8, 4) is 28.4 Å². The number of benzene rings is 3. The van der Waals surface area contributed by atoms with Crippen molar-refractivity contribution in [3.05, 3.63) is 78.4 Å². The van der Waals surface area contributed by atoms with Crippen LogP contribution in [0.5, 0.6) is 17.2 Å². The van der Waals surface area contributed by atoms with Gasteiger partial charge in [0.15, 0.2) is 11.5 Å². The second kappa shape index (κ2) is 10.5. The summed E-state index contributed by atoms with van der Waals surface area (Å²) in [5.41, 5.74) is 8.75. The molecule has 2 N–H and O–H groups in total. The molecule has 0 saturated heterocycles. The summed E-state index contributed by atoms with van der Waals surface area (Å²) in [5, 5.41) is 0. The first kappa shape index (κ1) is 20.6. The summed E-state index contributed by atoms with van der Waals surface area (Å²) in [7, 11) is 1.66. The normalized spacial score (nSPS) is 10.0. The Morgan fingerprint density at radius 3 is 2.30 bits per heavy atom. The van der Waals surface area contributed by atoms with E-state index in [-0.39, 0.29) is 12.4 Å². The zero-order valence-electron chi connectivity index (χ0n) is 15.3. The van der Waals surface area contributed by atoms with Gasteiger partial charge in [0.2, 0.25) is 0 Å². The summed E-state index contributed by atoms with van der Waals surface area (Å²) in [6.07, 6.45) is 0. The van der Waals surface area contributed by atoms with Gasteiger partial charge in [-0.2, -0.15) is 0 Å². The molecule has 0 aliphatic heterocycles. The minimum Gasteiger partial charge on any atom is -0.497 e. The van der Waals surface area contributed by atoms with Gasteiger partial charge in [0, 0.05) is 6.54 Å². The van der Waals surface area contributed by atoms with Crippen LogP contribution in [-0.4, -0.2) is 20.3 Å². The number of halogens is 1. The number of ether oxygens (including phenoxy) is 3. The third kappa shape index (κ3) is 5.64. The molecule has 3 rings (SSSR count). The maximum Gasteiger partial charge on any atom is 0.162 e. The summed E-state index contributed by atoms with van der Waals surface area (Å²) in [5.74, 6) is 2.21. The number of hydrogen-bond donors (Lipinski definition) is 1. The Morgan fingerprint density at radius 2 is 1.56 bits per heavy atom. The van der Waals surface area contributed by atoms with E-state index < -0.39 is 0 Å². The van der Waals surface area contributed by atoms with Crippen LogP contribution in [0, 0.1) is 0 Å². The van der Waals surface area contributed by atoms with Gasteiger partial charge in [-0.25, -0.2) is 0 Å². The molecule has 0 bridgehead atoms. The monoisotopic (exact) mass is 385 g/mol. The van der Waals surface area contributed by atoms with Crippen LogP contribution in [0.1, 0.15) is 5.56 Å². The van der Waals surface area contributed by atoms with Crippen LogP contribution < -0.4 is 19.9 Å². The van der Waals surface area contributed by atoms with E-state index in [1.807, 2.05) is 72.8 Å². The van der Waals surface area contributed by atoms with Gasteiger partial charge in [-0.1, -0.05) is 48.5 Å². The van der Waals surface area contributed by atoms with Crippen LogP contribution in [0.2, 0.25) is 0 Å². The van der Waals surface area contributed by atoms with Gasteiger partial charge in [0.05, 0.1) is 7.11 Å². The molecule has 0 heterocycles. The molecular weight excluding hydrogens is 362 g/mol. The number of nitrogens with two attached hydrogens (primary N) is 1.